The van der Waals surface area contributed by atoms with Crippen LogP contribution in [0.3, 0.4) is 0 Å². The van der Waals surface area contributed by atoms with Crippen LogP contribution in [0, 0.1) is 63.7 Å². The molecule has 0 unspecified atom stereocenters. The van der Waals surface area contributed by atoms with Crippen LogP contribution in [-0.4, -0.2) is 7.25 Å². The van der Waals surface area contributed by atoms with E-state index in [4.69, 9.17) is 0 Å². The third-order valence-corrected chi connectivity index (χ3v) is 2.56. The largest absolute Gasteiger partial charge is 0.673 e. The molecular formula is C17H22BF4Ir-. The zero-order valence-electron chi connectivity index (χ0n) is 12.9. The Labute approximate surface area is 153 Å². The Balaban J connectivity index is 0. The van der Waals surface area contributed by atoms with Gasteiger partial charge in [-0.15, -0.1) is 6.58 Å². The summed E-state index contributed by atoms with van der Waals surface area (Å²) in [6.07, 6.45) is 27.2. The van der Waals surface area contributed by atoms with Gasteiger partial charge in [0, 0.05) is 20.1 Å². The van der Waals surface area contributed by atoms with Gasteiger partial charge in [0.05, 0.1) is 0 Å². The first-order valence-electron chi connectivity index (χ1n) is 7.25. The molecule has 11 radical (unpaired) electrons. The van der Waals surface area contributed by atoms with Crippen molar-refractivity contribution in [1.29, 1.82) is 0 Å². The number of rotatable bonds is 2. The quantitative estimate of drug-likeness (QED) is 0.251. The van der Waals surface area contributed by atoms with Gasteiger partial charge in [0.25, 0.3) is 0 Å². The fourth-order valence-corrected chi connectivity index (χ4v) is 1.64. The molecular weight excluding hydrogens is 483 g/mol. The molecule has 0 heterocycles. The van der Waals surface area contributed by atoms with E-state index in [1.807, 2.05) is 25.3 Å². The minimum Gasteiger partial charge on any atom is -0.418 e. The van der Waals surface area contributed by atoms with E-state index in [2.05, 4.69) is 45.1 Å². The zero-order chi connectivity index (χ0) is 16.7. The average molecular weight is 505 g/mol. The molecule has 0 aromatic heterocycles. The van der Waals surface area contributed by atoms with E-state index >= 15 is 0 Å². The molecule has 0 aliphatic heterocycles. The van der Waals surface area contributed by atoms with E-state index < -0.39 is 7.25 Å². The summed E-state index contributed by atoms with van der Waals surface area (Å²) in [6.45, 7) is 3.66. The fourth-order valence-electron chi connectivity index (χ4n) is 1.64. The van der Waals surface area contributed by atoms with Gasteiger partial charge in [-0.05, 0) is 95.8 Å². The van der Waals surface area contributed by atoms with Crippen LogP contribution in [0.4, 0.5) is 17.3 Å². The Morgan fingerprint density at radius 1 is 0.826 bits per heavy atom. The van der Waals surface area contributed by atoms with Gasteiger partial charge < -0.3 is 17.3 Å². The van der Waals surface area contributed by atoms with Crippen molar-refractivity contribution in [1.82, 2.24) is 0 Å². The van der Waals surface area contributed by atoms with Gasteiger partial charge in [0.15, 0.2) is 0 Å². The smallest absolute Gasteiger partial charge is 0.418 e. The normalized spacial score (nSPS) is 19.5. The Kier molecular flexibility index (Phi) is 18.8. The van der Waals surface area contributed by atoms with E-state index in [1.54, 1.807) is 0 Å². The molecule has 2 rings (SSSR count). The molecule has 2 aliphatic carbocycles. The van der Waals surface area contributed by atoms with Gasteiger partial charge >= 0.3 is 7.25 Å². The van der Waals surface area contributed by atoms with Crippen molar-refractivity contribution in [3.63, 3.8) is 0 Å². The van der Waals surface area contributed by atoms with E-state index in [1.165, 1.54) is 31.6 Å². The van der Waals surface area contributed by atoms with E-state index in [-0.39, 0.29) is 20.1 Å². The maximum Gasteiger partial charge on any atom is 0.673 e. The number of allylic oxidation sites excluding steroid dienone is 1. The van der Waals surface area contributed by atoms with Crippen molar-refractivity contribution < 1.29 is 37.4 Å². The molecule has 0 spiro atoms. The molecule has 0 saturated heterocycles. The predicted molar refractivity (Wildman–Crippen MR) is 85.4 cm³/mol. The van der Waals surface area contributed by atoms with Crippen molar-refractivity contribution in [3.8, 4) is 0 Å². The first-order valence-corrected chi connectivity index (χ1v) is 7.25. The van der Waals surface area contributed by atoms with Crippen molar-refractivity contribution in [2.45, 2.75) is 32.1 Å². The monoisotopic (exact) mass is 506 g/mol. The molecule has 0 amide bonds. The standard InChI is InChI=1S/C9H10.C8H12.BF4.Ir/c1-2-6-9-7-4-3-5-8-9;1-2-4-6-8-7-5-3-1;2-1(3,4)5;/h2-5,7-8H,1,6H2;1-2,7-8H,3-6H2;;/q;;-1;. The molecule has 131 valence electrons. The number of hydrogen-bond acceptors (Lipinski definition) is 0. The van der Waals surface area contributed by atoms with Crippen LogP contribution < -0.4 is 0 Å². The molecule has 0 N–H and O–H groups in total. The Morgan fingerprint density at radius 2 is 1.17 bits per heavy atom. The second-order valence-electron chi connectivity index (χ2n) is 4.57. The van der Waals surface area contributed by atoms with Gasteiger partial charge in [-0.25, -0.2) is 0 Å². The number of halogens is 4. The third kappa shape index (κ3) is 24.5. The first-order chi connectivity index (χ1) is 10.4. The molecule has 6 heteroatoms. The Hall–Kier alpha value is 0.174. The van der Waals surface area contributed by atoms with Crippen LogP contribution in [-0.2, 0) is 20.1 Å². The van der Waals surface area contributed by atoms with Crippen LogP contribution in [0.5, 0.6) is 0 Å². The molecule has 23 heavy (non-hydrogen) atoms. The first kappa shape index (κ1) is 25.4. The minimum atomic E-state index is -6.00. The second kappa shape index (κ2) is 17.0. The minimum absolute atomic E-state index is 0. The van der Waals surface area contributed by atoms with Gasteiger partial charge in [-0.2, -0.15) is 0 Å². The summed E-state index contributed by atoms with van der Waals surface area (Å²) in [5, 5.41) is 0. The summed E-state index contributed by atoms with van der Waals surface area (Å²) in [6, 6.07) is 0. The average Bonchev–Trinajstić information content (AvgIpc) is 2.38. The summed E-state index contributed by atoms with van der Waals surface area (Å²) >= 11 is 0. The molecule has 0 aromatic rings. The van der Waals surface area contributed by atoms with Crippen molar-refractivity contribution >= 4 is 7.25 Å². The van der Waals surface area contributed by atoms with Crippen LogP contribution in [0.15, 0.2) is 12.7 Å². The summed E-state index contributed by atoms with van der Waals surface area (Å²) in [4.78, 5) is 0. The fraction of sp³-hybridized carbons (Fsp3) is 0.294. The molecule has 0 aromatic carbocycles. The molecule has 2 fully saturated rings. The predicted octanol–water partition coefficient (Wildman–Crippen LogP) is 5.85. The summed E-state index contributed by atoms with van der Waals surface area (Å²) < 4.78 is 39.0. The molecule has 2 saturated carbocycles. The Morgan fingerprint density at radius 3 is 1.48 bits per heavy atom. The molecule has 0 bridgehead atoms. The topological polar surface area (TPSA) is 0 Å². The van der Waals surface area contributed by atoms with Crippen LogP contribution >= 0.6 is 0 Å². The van der Waals surface area contributed by atoms with Gasteiger partial charge in [0.2, 0.25) is 0 Å². The van der Waals surface area contributed by atoms with Crippen molar-refractivity contribution in [2.75, 3.05) is 0 Å². The van der Waals surface area contributed by atoms with E-state index in [0.717, 1.165) is 6.42 Å². The third-order valence-electron chi connectivity index (χ3n) is 2.56. The van der Waals surface area contributed by atoms with Crippen LogP contribution in [0.1, 0.15) is 32.1 Å². The van der Waals surface area contributed by atoms with Crippen molar-refractivity contribution in [2.24, 2.45) is 0 Å². The van der Waals surface area contributed by atoms with Gasteiger partial charge in [-0.1, -0.05) is 6.08 Å². The maximum absolute atomic E-state index is 9.75. The number of hydrogen-bond donors (Lipinski definition) is 0. The van der Waals surface area contributed by atoms with E-state index in [0.29, 0.717) is 0 Å². The molecule has 0 atom stereocenters. The van der Waals surface area contributed by atoms with Crippen LogP contribution in [0.25, 0.3) is 0 Å². The van der Waals surface area contributed by atoms with Crippen molar-refractivity contribution in [3.05, 3.63) is 76.4 Å². The molecule has 0 nitrogen and oxygen atoms in total. The second-order valence-corrected chi connectivity index (χ2v) is 4.57. The summed E-state index contributed by atoms with van der Waals surface area (Å²) in [5.74, 6) is 1.33. The SMILES string of the molecule is C=CC[C]1[CH][CH][CH][CH][CH]1.F[B-](F)(F)F.[CH]1[CH]CC[CH][CH]CC1.[Ir]. The Bertz CT molecular complexity index is 223. The van der Waals surface area contributed by atoms with Gasteiger partial charge in [-0.3, -0.25) is 0 Å². The zero-order valence-corrected chi connectivity index (χ0v) is 15.3. The summed E-state index contributed by atoms with van der Waals surface area (Å²) in [7, 11) is -6.00. The van der Waals surface area contributed by atoms with Gasteiger partial charge in [0.1, 0.15) is 0 Å². The molecule has 2 aliphatic rings. The van der Waals surface area contributed by atoms with Crippen LogP contribution in [0.2, 0.25) is 0 Å². The summed E-state index contributed by atoms with van der Waals surface area (Å²) in [5.41, 5.74) is 0. The maximum atomic E-state index is 9.75. The van der Waals surface area contributed by atoms with E-state index in [9.17, 15) is 17.3 Å².